The molecule has 4 heterocycles. The maximum absolute atomic E-state index is 9.38. The van der Waals surface area contributed by atoms with Gasteiger partial charge in [0, 0.05) is 51.7 Å². The van der Waals surface area contributed by atoms with Crippen molar-refractivity contribution in [2.24, 2.45) is 11.8 Å². The smallest absolute Gasteiger partial charge is 0.216 e. The van der Waals surface area contributed by atoms with Crippen molar-refractivity contribution in [3.63, 3.8) is 0 Å². The van der Waals surface area contributed by atoms with Crippen LogP contribution < -0.4 is 0 Å². The van der Waals surface area contributed by atoms with Crippen molar-refractivity contribution in [3.05, 3.63) is 162 Å². The number of aryl methyl sites for hydroxylation is 1. The van der Waals surface area contributed by atoms with E-state index in [0.717, 1.165) is 49.8 Å². The second kappa shape index (κ2) is 18.6. The predicted octanol–water partition coefficient (Wildman–Crippen LogP) is 14.7. The number of hydrogen-bond acceptors (Lipinski definition) is 4. The Hall–Kier alpha value is -5.22. The van der Waals surface area contributed by atoms with Gasteiger partial charge in [-0.25, -0.2) is 4.98 Å². The number of nitrogens with zero attached hydrogens (tertiary/aromatic N) is 3. The van der Waals surface area contributed by atoms with Crippen LogP contribution in [-0.4, -0.2) is 15.0 Å². The summed E-state index contributed by atoms with van der Waals surface area (Å²) in [5.74, 6) is -3.45. The first kappa shape index (κ1) is 34.8. The molecule has 0 amide bonds. The molecule has 0 fully saturated rings. The van der Waals surface area contributed by atoms with E-state index in [0.29, 0.717) is 33.8 Å². The minimum atomic E-state index is -2.47. The van der Waals surface area contributed by atoms with Gasteiger partial charge in [0.2, 0.25) is 5.71 Å². The van der Waals surface area contributed by atoms with E-state index in [1.165, 1.54) is 0 Å². The Labute approximate surface area is 367 Å². The average molecular weight is 946 g/mol. The van der Waals surface area contributed by atoms with E-state index in [2.05, 4.69) is 17.1 Å². The van der Waals surface area contributed by atoms with Crippen molar-refractivity contribution in [3.8, 4) is 44.9 Å². The molecule has 4 aromatic carbocycles. The third-order valence-electron chi connectivity index (χ3n) is 10.2. The number of furan rings is 1. The Morgan fingerprint density at radius 1 is 0.621 bits per heavy atom. The van der Waals surface area contributed by atoms with Crippen LogP contribution in [0.2, 0.25) is 0 Å². The second-order valence-corrected chi connectivity index (χ2v) is 15.4. The van der Waals surface area contributed by atoms with Gasteiger partial charge in [-0.15, -0.1) is 54.1 Å². The minimum absolute atomic E-state index is 0. The normalized spacial score (nSPS) is 13.8. The second-order valence-electron chi connectivity index (χ2n) is 15.4. The van der Waals surface area contributed by atoms with Gasteiger partial charge in [-0.2, -0.15) is 0 Å². The van der Waals surface area contributed by atoms with Crippen LogP contribution in [-0.2, 0) is 20.1 Å². The first-order chi connectivity index (χ1) is 29.7. The van der Waals surface area contributed by atoms with E-state index in [1.807, 2.05) is 159 Å². The zero-order valence-corrected chi connectivity index (χ0v) is 36.8. The summed E-state index contributed by atoms with van der Waals surface area (Å²) in [6.45, 7) is 12.7. The molecule has 8 aromatic rings. The summed E-state index contributed by atoms with van der Waals surface area (Å²) in [7, 11) is 0. The summed E-state index contributed by atoms with van der Waals surface area (Å²) in [5.41, 5.74) is 9.03. The van der Waals surface area contributed by atoms with Crippen molar-refractivity contribution < 1.29 is 32.7 Å². The van der Waals surface area contributed by atoms with Crippen molar-refractivity contribution in [2.75, 3.05) is 0 Å². The SMILES string of the molecule is [2H]C([2H])([2H])c1cc(-c2[c-]ccc3c2oc2nc(-c4c(C([2H])(C)C)cc(-c5ccccc5)cc4C([2H])(C)C)ccc23)ncc1C([2H])(C(C)C)C(C)C.[Ir].[c-]1ccccc1-c1ccccn1. The zero-order chi connectivity index (χ0) is 45.5. The van der Waals surface area contributed by atoms with Gasteiger partial charge in [0.15, 0.2) is 0 Å². The number of rotatable bonds is 9. The molecule has 297 valence electrons. The van der Waals surface area contributed by atoms with E-state index in [1.54, 1.807) is 24.5 Å². The van der Waals surface area contributed by atoms with Crippen LogP contribution >= 0.6 is 0 Å². The maximum Gasteiger partial charge on any atom is 0.216 e. The summed E-state index contributed by atoms with van der Waals surface area (Å²) in [5, 5.41) is 1.54. The van der Waals surface area contributed by atoms with Crippen LogP contribution in [0.25, 0.3) is 67.0 Å². The number of aromatic nitrogens is 3. The number of pyridine rings is 3. The van der Waals surface area contributed by atoms with Crippen molar-refractivity contribution in [2.45, 2.75) is 79.9 Å². The Morgan fingerprint density at radius 3 is 1.95 bits per heavy atom. The Balaban J connectivity index is 0.000000449. The fourth-order valence-electron chi connectivity index (χ4n) is 7.64. The molecule has 8 rings (SSSR count). The molecule has 0 aliphatic carbocycles. The van der Waals surface area contributed by atoms with Crippen LogP contribution in [0.5, 0.6) is 0 Å². The largest absolute Gasteiger partial charge is 0.486 e. The van der Waals surface area contributed by atoms with Gasteiger partial charge < -0.3 is 14.4 Å². The van der Waals surface area contributed by atoms with E-state index < -0.39 is 24.5 Å². The third-order valence-corrected chi connectivity index (χ3v) is 10.2. The van der Waals surface area contributed by atoms with Gasteiger partial charge in [-0.05, 0) is 93.8 Å². The first-order valence-corrected chi connectivity index (χ1v) is 19.6. The summed E-state index contributed by atoms with van der Waals surface area (Å²) in [6, 6.07) is 43.2. The molecule has 0 saturated heterocycles. The molecule has 4 nitrogen and oxygen atoms in total. The topological polar surface area (TPSA) is 51.8 Å². The molecule has 58 heavy (non-hydrogen) atoms. The molecule has 0 N–H and O–H groups in total. The molecule has 1 radical (unpaired) electrons. The minimum Gasteiger partial charge on any atom is -0.486 e. The molecule has 0 bridgehead atoms. The van der Waals surface area contributed by atoms with Crippen LogP contribution in [0.1, 0.15) is 104 Å². The van der Waals surface area contributed by atoms with Crippen LogP contribution in [0.15, 0.2) is 132 Å². The van der Waals surface area contributed by atoms with E-state index in [4.69, 9.17) is 18.5 Å². The quantitative estimate of drug-likeness (QED) is 0.135. The monoisotopic (exact) mass is 946 g/mol. The van der Waals surface area contributed by atoms with Crippen molar-refractivity contribution in [1.82, 2.24) is 15.0 Å². The van der Waals surface area contributed by atoms with E-state index >= 15 is 0 Å². The number of fused-ring (bicyclic) bond motifs is 3. The average Bonchev–Trinajstić information content (AvgIpc) is 3.64. The number of hydrogen-bond donors (Lipinski definition) is 0. The van der Waals surface area contributed by atoms with Crippen LogP contribution in [0.3, 0.4) is 0 Å². The Bertz CT molecular complexity index is 2790. The summed E-state index contributed by atoms with van der Waals surface area (Å²) >= 11 is 0. The van der Waals surface area contributed by atoms with Crippen LogP contribution in [0.4, 0.5) is 0 Å². The first-order valence-electron chi connectivity index (χ1n) is 22.6. The fourth-order valence-corrected chi connectivity index (χ4v) is 7.64. The molecule has 0 unspecified atom stereocenters. The van der Waals surface area contributed by atoms with Gasteiger partial charge in [0.1, 0.15) is 0 Å². The molecular formula is C53H53IrN3O-2. The number of benzene rings is 4. The molecule has 5 heteroatoms. The Morgan fingerprint density at radius 2 is 1.33 bits per heavy atom. The zero-order valence-electron chi connectivity index (χ0n) is 40.4. The van der Waals surface area contributed by atoms with E-state index in [9.17, 15) is 4.11 Å². The van der Waals surface area contributed by atoms with Gasteiger partial charge in [-0.1, -0.05) is 133 Å². The molecule has 0 aliphatic heterocycles. The van der Waals surface area contributed by atoms with Gasteiger partial charge in [0.25, 0.3) is 0 Å². The molecule has 0 spiro atoms. The third kappa shape index (κ3) is 8.92. The van der Waals surface area contributed by atoms with Crippen LogP contribution in [0, 0.1) is 30.8 Å². The molecular weight excluding hydrogens is 887 g/mol. The van der Waals surface area contributed by atoms with Gasteiger partial charge in [-0.3, -0.25) is 0 Å². The Kier molecular flexibility index (Phi) is 11.1. The molecule has 0 aliphatic rings. The summed E-state index contributed by atoms with van der Waals surface area (Å²) in [6.07, 6.45) is 3.33. The van der Waals surface area contributed by atoms with Gasteiger partial charge in [0.05, 0.1) is 11.3 Å². The van der Waals surface area contributed by atoms with Gasteiger partial charge >= 0.3 is 0 Å². The summed E-state index contributed by atoms with van der Waals surface area (Å²) in [4.78, 5) is 14.0. The molecule has 4 aromatic heterocycles. The standard InChI is InChI=1S/C42H45N2O.C11H8N.Ir/c1-24(2)34-21-30(29-14-11-10-12-15-29)22-35(25(3)4)40(34)37-19-18-32-31-16-13-17-33(41(31)45-42(32)44-37)38-20-28(9)36(23-43-38)39(26(5)6)27(7)8;1-2-6-10(7-3-1)11-8-4-5-9-12-11;/h10-16,18-27,39H,1-9H3;1-6,8-9H;/q2*-1;/i9D3,24D,25D,39D;;. The van der Waals surface area contributed by atoms with E-state index in [-0.39, 0.29) is 37.5 Å². The van der Waals surface area contributed by atoms with Crippen molar-refractivity contribution >= 4 is 22.1 Å². The molecule has 0 atom stereocenters. The fraction of sp³-hybridized carbons (Fsp3) is 0.264. The predicted molar refractivity (Wildman–Crippen MR) is 238 cm³/mol. The molecule has 0 saturated carbocycles. The maximum atomic E-state index is 9.38. The summed E-state index contributed by atoms with van der Waals surface area (Å²) < 4.78 is 59.5. The van der Waals surface area contributed by atoms with Crippen molar-refractivity contribution in [1.29, 1.82) is 0 Å².